The van der Waals surface area contributed by atoms with Gasteiger partial charge in [0.2, 0.25) is 0 Å². The Balaban J connectivity index is 2.13. The topological polar surface area (TPSA) is 92.2 Å². The molecule has 0 unspecified atom stereocenters. The molecular formula is C16H10ClFN2O4. The molecule has 0 saturated carbocycles. The van der Waals surface area contributed by atoms with Crippen LogP contribution in [0.2, 0.25) is 5.02 Å². The fourth-order valence-electron chi connectivity index (χ4n) is 2.35. The number of hydrogen-bond donors (Lipinski definition) is 2. The first-order valence-electron chi connectivity index (χ1n) is 6.81. The number of halogens is 2. The first kappa shape index (κ1) is 15.9. The van der Waals surface area contributed by atoms with Crippen LogP contribution in [0.4, 0.5) is 4.39 Å². The van der Waals surface area contributed by atoms with Gasteiger partial charge in [0, 0.05) is 0 Å². The minimum atomic E-state index is -1.16. The smallest absolute Gasteiger partial charge is 0.335 e. The quantitative estimate of drug-likeness (QED) is 0.759. The average Bonchev–Trinajstić information content (AvgIpc) is 2.54. The van der Waals surface area contributed by atoms with Crippen LogP contribution >= 0.6 is 11.6 Å². The molecule has 3 aromatic rings. The van der Waals surface area contributed by atoms with Crippen LogP contribution in [-0.4, -0.2) is 20.6 Å². The number of aromatic amines is 1. The maximum Gasteiger partial charge on any atom is 0.335 e. The summed E-state index contributed by atoms with van der Waals surface area (Å²) in [5.74, 6) is -1.76. The molecular weight excluding hydrogens is 339 g/mol. The number of H-pyrrole nitrogens is 1. The third-order valence-electron chi connectivity index (χ3n) is 3.55. The second-order valence-electron chi connectivity index (χ2n) is 5.14. The van der Waals surface area contributed by atoms with Crippen molar-refractivity contribution in [2.75, 3.05) is 0 Å². The van der Waals surface area contributed by atoms with Crippen LogP contribution in [0.5, 0.6) is 0 Å². The average molecular weight is 349 g/mol. The predicted molar refractivity (Wildman–Crippen MR) is 86.3 cm³/mol. The van der Waals surface area contributed by atoms with Crippen LogP contribution in [0.25, 0.3) is 10.9 Å². The summed E-state index contributed by atoms with van der Waals surface area (Å²) in [4.78, 5) is 38.1. The largest absolute Gasteiger partial charge is 0.478 e. The van der Waals surface area contributed by atoms with Crippen molar-refractivity contribution >= 4 is 28.5 Å². The lowest BCUT2D eigenvalue weighted by Gasteiger charge is -2.08. The molecule has 24 heavy (non-hydrogen) atoms. The van der Waals surface area contributed by atoms with Crippen molar-refractivity contribution in [2.45, 2.75) is 6.54 Å². The Kier molecular flexibility index (Phi) is 3.94. The van der Waals surface area contributed by atoms with Gasteiger partial charge in [-0.05, 0) is 35.9 Å². The number of carbonyl (C=O) groups is 1. The van der Waals surface area contributed by atoms with E-state index in [9.17, 15) is 18.8 Å². The summed E-state index contributed by atoms with van der Waals surface area (Å²) in [6, 6.07) is 7.75. The molecule has 0 amide bonds. The third-order valence-corrected chi connectivity index (χ3v) is 3.84. The number of hydrogen-bond acceptors (Lipinski definition) is 3. The van der Waals surface area contributed by atoms with E-state index in [1.165, 1.54) is 30.3 Å². The summed E-state index contributed by atoms with van der Waals surface area (Å²) in [7, 11) is 0. The Bertz CT molecular complexity index is 1090. The molecule has 3 rings (SSSR count). The number of benzene rings is 2. The highest BCUT2D eigenvalue weighted by Gasteiger charge is 2.11. The second kappa shape index (κ2) is 5.93. The minimum absolute atomic E-state index is 0.0411. The summed E-state index contributed by atoms with van der Waals surface area (Å²) >= 11 is 5.70. The number of nitrogens with one attached hydrogen (secondary N) is 1. The van der Waals surface area contributed by atoms with Gasteiger partial charge in [0.15, 0.2) is 0 Å². The Morgan fingerprint density at radius 3 is 2.62 bits per heavy atom. The molecule has 2 N–H and O–H groups in total. The molecule has 1 aromatic heterocycles. The number of nitrogens with zero attached hydrogens (tertiary/aromatic N) is 1. The molecule has 0 aliphatic rings. The fraction of sp³-hybridized carbons (Fsp3) is 0.0625. The van der Waals surface area contributed by atoms with E-state index in [0.29, 0.717) is 5.56 Å². The lowest BCUT2D eigenvalue weighted by Crippen LogP contribution is -2.35. The summed E-state index contributed by atoms with van der Waals surface area (Å²) < 4.78 is 14.1. The standard InChI is InChI=1S/C16H10ClFN2O4/c17-11-5-8(1-4-12(11)18)7-20-14(21)10-3-2-9(15(22)23)6-13(10)19-16(20)24/h1-6H,7H2,(H,19,24)(H,22,23). The first-order chi connectivity index (χ1) is 11.4. The third kappa shape index (κ3) is 2.81. The zero-order chi connectivity index (χ0) is 17.4. The summed E-state index contributed by atoms with van der Waals surface area (Å²) in [6.45, 7) is -0.0925. The van der Waals surface area contributed by atoms with Gasteiger partial charge in [-0.25, -0.2) is 14.0 Å². The first-order valence-corrected chi connectivity index (χ1v) is 7.18. The van der Waals surface area contributed by atoms with E-state index in [1.807, 2.05) is 0 Å². The highest BCUT2D eigenvalue weighted by atomic mass is 35.5. The molecule has 0 saturated heterocycles. The molecule has 8 heteroatoms. The van der Waals surface area contributed by atoms with E-state index < -0.39 is 23.0 Å². The lowest BCUT2D eigenvalue weighted by molar-refractivity contribution is 0.0697. The monoisotopic (exact) mass is 348 g/mol. The van der Waals surface area contributed by atoms with Gasteiger partial charge in [-0.15, -0.1) is 0 Å². The Hall–Kier alpha value is -2.93. The Labute approximate surface area is 138 Å². The van der Waals surface area contributed by atoms with E-state index in [2.05, 4.69) is 4.98 Å². The highest BCUT2D eigenvalue weighted by molar-refractivity contribution is 6.30. The fourth-order valence-corrected chi connectivity index (χ4v) is 2.55. The maximum absolute atomic E-state index is 13.2. The normalized spacial score (nSPS) is 10.9. The number of fused-ring (bicyclic) bond motifs is 1. The number of rotatable bonds is 3. The van der Waals surface area contributed by atoms with Gasteiger partial charge in [-0.1, -0.05) is 17.7 Å². The number of carboxylic acid groups (broad SMARTS) is 1. The summed E-state index contributed by atoms with van der Waals surface area (Å²) in [5, 5.41) is 9.03. The maximum atomic E-state index is 13.2. The van der Waals surface area contributed by atoms with Gasteiger partial charge in [0.05, 0.1) is 28.0 Å². The zero-order valence-corrected chi connectivity index (χ0v) is 12.8. The van der Waals surface area contributed by atoms with Gasteiger partial charge < -0.3 is 10.1 Å². The molecule has 0 radical (unpaired) electrons. The van der Waals surface area contributed by atoms with Crippen molar-refractivity contribution < 1.29 is 14.3 Å². The van der Waals surface area contributed by atoms with E-state index in [-0.39, 0.29) is 28.0 Å². The van der Waals surface area contributed by atoms with Crippen molar-refractivity contribution in [1.82, 2.24) is 9.55 Å². The number of carboxylic acids is 1. The molecule has 0 bridgehead atoms. The molecule has 0 aliphatic heterocycles. The van der Waals surface area contributed by atoms with E-state index >= 15 is 0 Å². The number of aromatic carboxylic acids is 1. The molecule has 0 fully saturated rings. The van der Waals surface area contributed by atoms with Crippen molar-refractivity contribution in [2.24, 2.45) is 0 Å². The molecule has 1 heterocycles. The zero-order valence-electron chi connectivity index (χ0n) is 12.0. The van der Waals surface area contributed by atoms with E-state index in [4.69, 9.17) is 16.7 Å². The van der Waals surface area contributed by atoms with Gasteiger partial charge in [0.25, 0.3) is 5.56 Å². The molecule has 6 nitrogen and oxygen atoms in total. The van der Waals surface area contributed by atoms with Gasteiger partial charge >= 0.3 is 11.7 Å². The van der Waals surface area contributed by atoms with Crippen LogP contribution in [0, 0.1) is 5.82 Å². The van der Waals surface area contributed by atoms with Gasteiger partial charge in [-0.3, -0.25) is 9.36 Å². The molecule has 0 aliphatic carbocycles. The lowest BCUT2D eigenvalue weighted by atomic mass is 10.1. The molecule has 122 valence electrons. The minimum Gasteiger partial charge on any atom is -0.478 e. The van der Waals surface area contributed by atoms with Crippen molar-refractivity contribution in [1.29, 1.82) is 0 Å². The van der Waals surface area contributed by atoms with Gasteiger partial charge in [0.1, 0.15) is 5.82 Å². The predicted octanol–water partition coefficient (Wildman–Crippen LogP) is 2.23. The van der Waals surface area contributed by atoms with Crippen LogP contribution in [-0.2, 0) is 6.54 Å². The summed E-state index contributed by atoms with van der Waals surface area (Å²) in [5.41, 5.74) is -0.698. The van der Waals surface area contributed by atoms with Crippen molar-refractivity contribution in [3.63, 3.8) is 0 Å². The SMILES string of the molecule is O=C(O)c1ccc2c(=O)n(Cc3ccc(F)c(Cl)c3)c(=O)[nH]c2c1. The second-order valence-corrected chi connectivity index (χ2v) is 5.54. The van der Waals surface area contributed by atoms with E-state index in [1.54, 1.807) is 0 Å². The van der Waals surface area contributed by atoms with Crippen LogP contribution in [0.15, 0.2) is 46.0 Å². The Morgan fingerprint density at radius 2 is 1.96 bits per heavy atom. The van der Waals surface area contributed by atoms with E-state index in [0.717, 1.165) is 10.6 Å². The molecule has 0 spiro atoms. The van der Waals surface area contributed by atoms with Crippen molar-refractivity contribution in [3.05, 3.63) is 79.2 Å². The Morgan fingerprint density at radius 1 is 1.21 bits per heavy atom. The van der Waals surface area contributed by atoms with Crippen LogP contribution < -0.4 is 11.2 Å². The molecule has 2 aromatic carbocycles. The number of aromatic nitrogens is 2. The van der Waals surface area contributed by atoms with Crippen LogP contribution in [0.1, 0.15) is 15.9 Å². The van der Waals surface area contributed by atoms with Crippen LogP contribution in [0.3, 0.4) is 0 Å². The van der Waals surface area contributed by atoms with Crippen molar-refractivity contribution in [3.8, 4) is 0 Å². The molecule has 0 atom stereocenters. The highest BCUT2D eigenvalue weighted by Crippen LogP contribution is 2.16. The summed E-state index contributed by atoms with van der Waals surface area (Å²) in [6.07, 6.45) is 0. The van der Waals surface area contributed by atoms with Gasteiger partial charge in [-0.2, -0.15) is 0 Å².